The number of rotatable bonds is 1. The van der Waals surface area contributed by atoms with Crippen molar-refractivity contribution in [1.82, 2.24) is 4.57 Å². The van der Waals surface area contributed by atoms with E-state index in [1.54, 1.807) is 18.2 Å². The molecule has 84 valence electrons. The fourth-order valence-electron chi connectivity index (χ4n) is 1.99. The van der Waals surface area contributed by atoms with E-state index in [2.05, 4.69) is 0 Å². The second-order valence-electron chi connectivity index (χ2n) is 3.91. The van der Waals surface area contributed by atoms with Crippen LogP contribution in [-0.4, -0.2) is 14.8 Å². The van der Waals surface area contributed by atoms with E-state index in [9.17, 15) is 10.2 Å². The van der Waals surface area contributed by atoms with Gasteiger partial charge in [0.25, 0.3) is 0 Å². The molecule has 3 aromatic rings. The third-order valence-electron chi connectivity index (χ3n) is 2.84. The Labute approximate surface area is 98.2 Å². The van der Waals surface area contributed by atoms with Crippen LogP contribution in [0.15, 0.2) is 54.7 Å². The van der Waals surface area contributed by atoms with Crippen molar-refractivity contribution in [3.8, 4) is 17.2 Å². The minimum atomic E-state index is 0.244. The molecule has 17 heavy (non-hydrogen) atoms. The molecule has 0 bridgehead atoms. The average molecular weight is 225 g/mol. The lowest BCUT2D eigenvalue weighted by molar-refractivity contribution is 0.475. The van der Waals surface area contributed by atoms with Crippen LogP contribution in [0.4, 0.5) is 0 Å². The molecule has 2 aromatic carbocycles. The SMILES string of the molecule is Oc1ccc(-n2ccc3c(O)cccc32)cc1. The number of phenols is 2. The minimum Gasteiger partial charge on any atom is -0.508 e. The first kappa shape index (κ1) is 9.78. The summed E-state index contributed by atoms with van der Waals surface area (Å²) < 4.78 is 1.97. The molecule has 0 spiro atoms. The smallest absolute Gasteiger partial charge is 0.124 e. The summed E-state index contributed by atoms with van der Waals surface area (Å²) in [7, 11) is 0. The zero-order valence-corrected chi connectivity index (χ0v) is 9.04. The number of aromatic hydroxyl groups is 2. The summed E-state index contributed by atoms with van der Waals surface area (Å²) >= 11 is 0. The lowest BCUT2D eigenvalue weighted by atomic mass is 10.2. The largest absolute Gasteiger partial charge is 0.508 e. The Morgan fingerprint density at radius 1 is 0.824 bits per heavy atom. The minimum absolute atomic E-state index is 0.244. The molecule has 3 rings (SSSR count). The van der Waals surface area contributed by atoms with Gasteiger partial charge in [-0.2, -0.15) is 0 Å². The van der Waals surface area contributed by atoms with Crippen molar-refractivity contribution < 1.29 is 10.2 Å². The van der Waals surface area contributed by atoms with E-state index in [-0.39, 0.29) is 11.5 Å². The maximum absolute atomic E-state index is 9.72. The van der Waals surface area contributed by atoms with Gasteiger partial charge in [-0.05, 0) is 42.5 Å². The molecule has 2 N–H and O–H groups in total. The van der Waals surface area contributed by atoms with Crippen LogP contribution in [-0.2, 0) is 0 Å². The molecule has 1 heterocycles. The highest BCUT2D eigenvalue weighted by atomic mass is 16.3. The number of phenolic OH excluding ortho intramolecular Hbond substituents is 2. The maximum atomic E-state index is 9.72. The highest BCUT2D eigenvalue weighted by Crippen LogP contribution is 2.27. The Balaban J connectivity index is 2.24. The first-order valence-corrected chi connectivity index (χ1v) is 5.34. The van der Waals surface area contributed by atoms with Crippen LogP contribution in [0.2, 0.25) is 0 Å². The van der Waals surface area contributed by atoms with Gasteiger partial charge in [-0.15, -0.1) is 0 Å². The molecule has 1 aromatic heterocycles. The molecule has 0 fully saturated rings. The Hall–Kier alpha value is -2.42. The third-order valence-corrected chi connectivity index (χ3v) is 2.84. The second-order valence-corrected chi connectivity index (χ2v) is 3.91. The summed E-state index contributed by atoms with van der Waals surface area (Å²) in [4.78, 5) is 0. The monoisotopic (exact) mass is 225 g/mol. The summed E-state index contributed by atoms with van der Waals surface area (Å²) in [6, 6.07) is 14.3. The molecule has 3 nitrogen and oxygen atoms in total. The van der Waals surface area contributed by atoms with Gasteiger partial charge >= 0.3 is 0 Å². The Kier molecular flexibility index (Phi) is 2.05. The first-order valence-electron chi connectivity index (χ1n) is 5.34. The number of aromatic nitrogens is 1. The summed E-state index contributed by atoms with van der Waals surface area (Å²) in [6.07, 6.45) is 1.90. The van der Waals surface area contributed by atoms with Gasteiger partial charge in [-0.25, -0.2) is 0 Å². The van der Waals surface area contributed by atoms with Gasteiger partial charge in [0.15, 0.2) is 0 Å². The second kappa shape index (κ2) is 3.56. The normalized spacial score (nSPS) is 10.8. The van der Waals surface area contributed by atoms with Crippen molar-refractivity contribution in [2.75, 3.05) is 0 Å². The van der Waals surface area contributed by atoms with E-state index in [4.69, 9.17) is 0 Å². The van der Waals surface area contributed by atoms with Gasteiger partial charge in [0, 0.05) is 17.3 Å². The molecule has 0 aliphatic heterocycles. The van der Waals surface area contributed by atoms with E-state index >= 15 is 0 Å². The summed E-state index contributed by atoms with van der Waals surface area (Å²) in [5, 5.41) is 19.8. The summed E-state index contributed by atoms with van der Waals surface area (Å²) in [5.74, 6) is 0.521. The van der Waals surface area contributed by atoms with Crippen molar-refractivity contribution in [3.63, 3.8) is 0 Å². The molecular formula is C14H11NO2. The van der Waals surface area contributed by atoms with Gasteiger partial charge in [-0.1, -0.05) is 6.07 Å². The van der Waals surface area contributed by atoms with Crippen LogP contribution in [0.5, 0.6) is 11.5 Å². The molecule has 0 radical (unpaired) electrons. The van der Waals surface area contributed by atoms with E-state index in [0.717, 1.165) is 16.6 Å². The zero-order valence-electron chi connectivity index (χ0n) is 9.04. The lowest BCUT2D eigenvalue weighted by Gasteiger charge is -2.05. The van der Waals surface area contributed by atoms with Crippen molar-refractivity contribution in [3.05, 3.63) is 54.7 Å². The van der Waals surface area contributed by atoms with Crippen molar-refractivity contribution >= 4 is 10.9 Å². The zero-order chi connectivity index (χ0) is 11.8. The molecule has 0 saturated heterocycles. The number of hydrogen-bond acceptors (Lipinski definition) is 2. The maximum Gasteiger partial charge on any atom is 0.124 e. The highest BCUT2D eigenvalue weighted by molar-refractivity contribution is 5.87. The predicted octanol–water partition coefficient (Wildman–Crippen LogP) is 3.04. The number of hydrogen-bond donors (Lipinski definition) is 2. The van der Waals surface area contributed by atoms with Crippen molar-refractivity contribution in [2.24, 2.45) is 0 Å². The molecule has 0 saturated carbocycles. The summed E-state index contributed by atoms with van der Waals surface area (Å²) in [6.45, 7) is 0. The van der Waals surface area contributed by atoms with Crippen LogP contribution in [0, 0.1) is 0 Å². The standard InChI is InChI=1S/C14H11NO2/c16-11-6-4-10(5-7-11)15-9-8-12-13(15)2-1-3-14(12)17/h1-9,16-17H. The molecule has 0 atom stereocenters. The van der Waals surface area contributed by atoms with Crippen LogP contribution in [0.1, 0.15) is 0 Å². The van der Waals surface area contributed by atoms with Crippen LogP contribution in [0.3, 0.4) is 0 Å². The molecule has 0 aliphatic carbocycles. The van der Waals surface area contributed by atoms with Gasteiger partial charge in [0.2, 0.25) is 0 Å². The number of nitrogens with zero attached hydrogens (tertiary/aromatic N) is 1. The van der Waals surface area contributed by atoms with Crippen LogP contribution in [0.25, 0.3) is 16.6 Å². The van der Waals surface area contributed by atoms with Crippen LogP contribution < -0.4 is 0 Å². The molecule has 0 amide bonds. The van der Waals surface area contributed by atoms with Gasteiger partial charge < -0.3 is 14.8 Å². The Morgan fingerprint density at radius 3 is 2.35 bits per heavy atom. The fraction of sp³-hybridized carbons (Fsp3) is 0. The van der Waals surface area contributed by atoms with Gasteiger partial charge in [-0.3, -0.25) is 0 Å². The summed E-state index contributed by atoms with van der Waals surface area (Å²) in [5.41, 5.74) is 1.89. The molecular weight excluding hydrogens is 214 g/mol. The quantitative estimate of drug-likeness (QED) is 0.668. The number of benzene rings is 2. The van der Waals surface area contributed by atoms with Crippen molar-refractivity contribution in [1.29, 1.82) is 0 Å². The molecule has 0 aliphatic rings. The average Bonchev–Trinajstić information content (AvgIpc) is 2.75. The van der Waals surface area contributed by atoms with Crippen LogP contribution >= 0.6 is 0 Å². The van der Waals surface area contributed by atoms with E-state index in [1.165, 1.54) is 0 Å². The predicted molar refractivity (Wildman–Crippen MR) is 66.6 cm³/mol. The Morgan fingerprint density at radius 2 is 1.59 bits per heavy atom. The molecule has 0 unspecified atom stereocenters. The number of fused-ring (bicyclic) bond motifs is 1. The topological polar surface area (TPSA) is 45.4 Å². The van der Waals surface area contributed by atoms with Crippen molar-refractivity contribution in [2.45, 2.75) is 0 Å². The van der Waals surface area contributed by atoms with Gasteiger partial charge in [0.1, 0.15) is 11.5 Å². The lowest BCUT2D eigenvalue weighted by Crippen LogP contribution is -1.90. The fourth-order valence-corrected chi connectivity index (χ4v) is 1.99. The van der Waals surface area contributed by atoms with E-state index < -0.39 is 0 Å². The third kappa shape index (κ3) is 1.52. The van der Waals surface area contributed by atoms with E-state index in [1.807, 2.05) is 41.1 Å². The van der Waals surface area contributed by atoms with Gasteiger partial charge in [0.05, 0.1) is 5.52 Å². The molecule has 3 heteroatoms. The highest BCUT2D eigenvalue weighted by Gasteiger charge is 2.05. The first-order chi connectivity index (χ1) is 8.25. The Bertz CT molecular complexity index is 668. The van der Waals surface area contributed by atoms with E-state index in [0.29, 0.717) is 0 Å².